The topological polar surface area (TPSA) is 55.4 Å². The Bertz CT molecular complexity index is 250. The number of nitrogens with one attached hydrogen (secondary N) is 1. The quantitative estimate of drug-likeness (QED) is 0.752. The maximum Gasteiger partial charge on any atom is 0.335 e. The monoisotopic (exact) mass is 207 g/mol. The molecular weight excluding hydrogens is 190 g/mol. The maximum atomic E-state index is 11.1. The fourth-order valence-corrected chi connectivity index (χ4v) is 2.54. The van der Waals surface area contributed by atoms with Crippen molar-refractivity contribution in [2.75, 3.05) is 7.11 Å². The third kappa shape index (κ3) is 3.25. The van der Waals surface area contributed by atoms with Gasteiger partial charge >= 0.3 is 10.3 Å². The van der Waals surface area contributed by atoms with Crippen LogP contribution in [0.4, 0.5) is 0 Å². The van der Waals surface area contributed by atoms with Gasteiger partial charge in [-0.3, -0.25) is 4.18 Å². The minimum absolute atomic E-state index is 0.0544. The second-order valence-electron chi connectivity index (χ2n) is 3.61. The maximum absolute atomic E-state index is 11.1. The molecule has 0 heterocycles. The van der Waals surface area contributed by atoms with Crippen molar-refractivity contribution in [3.63, 3.8) is 0 Å². The molecule has 1 aliphatic carbocycles. The van der Waals surface area contributed by atoms with Crippen LogP contribution in [-0.4, -0.2) is 21.6 Å². The minimum atomic E-state index is -3.50. The Balaban J connectivity index is 2.52. The highest BCUT2D eigenvalue weighted by Gasteiger charge is 2.25. The molecule has 1 rings (SSSR count). The van der Waals surface area contributed by atoms with E-state index >= 15 is 0 Å². The van der Waals surface area contributed by atoms with Crippen LogP contribution < -0.4 is 4.72 Å². The van der Waals surface area contributed by atoms with Gasteiger partial charge in [0.1, 0.15) is 0 Å². The smallest absolute Gasteiger partial charge is 0.261 e. The van der Waals surface area contributed by atoms with E-state index < -0.39 is 10.3 Å². The molecular formula is C8H17NO3S. The molecule has 0 aromatic heterocycles. The highest BCUT2D eigenvalue weighted by Crippen LogP contribution is 2.24. The summed E-state index contributed by atoms with van der Waals surface area (Å²) in [6.07, 6.45) is 4.31. The van der Waals surface area contributed by atoms with Gasteiger partial charge in [-0.25, -0.2) is 0 Å². The average molecular weight is 207 g/mol. The van der Waals surface area contributed by atoms with Gasteiger partial charge in [0.15, 0.2) is 0 Å². The lowest BCUT2D eigenvalue weighted by atomic mass is 9.87. The Labute approximate surface area is 79.9 Å². The lowest BCUT2D eigenvalue weighted by Gasteiger charge is -2.28. The summed E-state index contributed by atoms with van der Waals surface area (Å²) in [5, 5.41) is 0. The van der Waals surface area contributed by atoms with Crippen molar-refractivity contribution in [1.82, 2.24) is 4.72 Å². The van der Waals surface area contributed by atoms with Gasteiger partial charge in [-0.05, 0) is 18.8 Å². The summed E-state index contributed by atoms with van der Waals surface area (Å²) < 4.78 is 29.1. The van der Waals surface area contributed by atoms with Crippen molar-refractivity contribution in [3.05, 3.63) is 0 Å². The van der Waals surface area contributed by atoms with Crippen molar-refractivity contribution < 1.29 is 12.6 Å². The molecule has 0 spiro atoms. The van der Waals surface area contributed by atoms with Crippen LogP contribution >= 0.6 is 0 Å². The van der Waals surface area contributed by atoms with Gasteiger partial charge in [-0.1, -0.05) is 19.8 Å². The highest BCUT2D eigenvalue weighted by atomic mass is 32.2. The van der Waals surface area contributed by atoms with E-state index in [-0.39, 0.29) is 6.04 Å². The average Bonchev–Trinajstić information content (AvgIpc) is 2.09. The van der Waals surface area contributed by atoms with Crippen LogP contribution in [-0.2, 0) is 14.5 Å². The van der Waals surface area contributed by atoms with E-state index in [0.29, 0.717) is 5.92 Å². The Morgan fingerprint density at radius 2 is 1.92 bits per heavy atom. The summed E-state index contributed by atoms with van der Waals surface area (Å²) >= 11 is 0. The zero-order valence-electron chi connectivity index (χ0n) is 8.12. The molecule has 78 valence electrons. The van der Waals surface area contributed by atoms with Gasteiger partial charge in [0, 0.05) is 6.04 Å². The van der Waals surface area contributed by atoms with Crippen LogP contribution in [0, 0.1) is 5.92 Å². The van der Waals surface area contributed by atoms with Crippen molar-refractivity contribution in [2.45, 2.75) is 38.6 Å². The standard InChI is InChI=1S/C8H17NO3S/c1-7-5-3-4-6-8(7)9-13(10,11)12-2/h7-9H,3-6H2,1-2H3. The summed E-state index contributed by atoms with van der Waals surface area (Å²) in [6.45, 7) is 2.07. The summed E-state index contributed by atoms with van der Waals surface area (Å²) in [5.41, 5.74) is 0. The molecule has 2 atom stereocenters. The Hall–Kier alpha value is -0.130. The van der Waals surface area contributed by atoms with Crippen molar-refractivity contribution in [2.24, 2.45) is 5.92 Å². The summed E-state index contributed by atoms with van der Waals surface area (Å²) in [5.74, 6) is 0.415. The number of rotatable bonds is 3. The Morgan fingerprint density at radius 1 is 1.31 bits per heavy atom. The molecule has 0 saturated heterocycles. The fourth-order valence-electron chi connectivity index (χ4n) is 1.72. The molecule has 0 aromatic carbocycles. The van der Waals surface area contributed by atoms with Crippen molar-refractivity contribution in [1.29, 1.82) is 0 Å². The molecule has 1 aliphatic rings. The molecule has 0 bridgehead atoms. The van der Waals surface area contributed by atoms with Gasteiger partial charge in [0.05, 0.1) is 7.11 Å². The lowest BCUT2D eigenvalue weighted by molar-refractivity contribution is 0.294. The normalized spacial score (nSPS) is 30.3. The third-order valence-corrected chi connectivity index (χ3v) is 3.66. The van der Waals surface area contributed by atoms with E-state index in [1.165, 1.54) is 13.5 Å². The SMILES string of the molecule is COS(=O)(=O)NC1CCCCC1C. The molecule has 2 unspecified atom stereocenters. The zero-order chi connectivity index (χ0) is 9.90. The molecule has 0 amide bonds. The molecule has 13 heavy (non-hydrogen) atoms. The first-order chi connectivity index (χ1) is 6.05. The van der Waals surface area contributed by atoms with E-state index in [1.807, 2.05) is 0 Å². The summed E-state index contributed by atoms with van der Waals surface area (Å²) in [6, 6.07) is 0.0544. The van der Waals surface area contributed by atoms with Gasteiger partial charge in [-0.2, -0.15) is 13.1 Å². The summed E-state index contributed by atoms with van der Waals surface area (Å²) in [7, 11) is -2.33. The highest BCUT2D eigenvalue weighted by molar-refractivity contribution is 7.84. The van der Waals surface area contributed by atoms with Crippen molar-refractivity contribution >= 4 is 10.3 Å². The predicted molar refractivity (Wildman–Crippen MR) is 50.5 cm³/mol. The number of hydrogen-bond acceptors (Lipinski definition) is 3. The van der Waals surface area contributed by atoms with Gasteiger partial charge in [0.2, 0.25) is 0 Å². The van der Waals surface area contributed by atoms with Gasteiger partial charge in [-0.15, -0.1) is 0 Å². The van der Waals surface area contributed by atoms with E-state index in [9.17, 15) is 8.42 Å². The van der Waals surface area contributed by atoms with E-state index in [1.54, 1.807) is 0 Å². The molecule has 0 aromatic rings. The molecule has 0 aliphatic heterocycles. The first-order valence-electron chi connectivity index (χ1n) is 4.63. The summed E-state index contributed by atoms with van der Waals surface area (Å²) in [4.78, 5) is 0. The third-order valence-electron chi connectivity index (χ3n) is 2.63. The van der Waals surface area contributed by atoms with Gasteiger partial charge in [0.25, 0.3) is 0 Å². The second-order valence-corrected chi connectivity index (χ2v) is 5.08. The second kappa shape index (κ2) is 4.39. The molecule has 4 nitrogen and oxygen atoms in total. The first-order valence-corrected chi connectivity index (χ1v) is 6.04. The fraction of sp³-hybridized carbons (Fsp3) is 1.00. The zero-order valence-corrected chi connectivity index (χ0v) is 8.93. The van der Waals surface area contributed by atoms with E-state index in [2.05, 4.69) is 15.8 Å². The van der Waals surface area contributed by atoms with Crippen molar-refractivity contribution in [3.8, 4) is 0 Å². The van der Waals surface area contributed by atoms with Crippen LogP contribution in [0.15, 0.2) is 0 Å². The van der Waals surface area contributed by atoms with Crippen LogP contribution in [0.5, 0.6) is 0 Å². The number of hydrogen-bond donors (Lipinski definition) is 1. The largest absolute Gasteiger partial charge is 0.335 e. The van der Waals surface area contributed by atoms with E-state index in [4.69, 9.17) is 0 Å². The van der Waals surface area contributed by atoms with Crippen LogP contribution in [0.25, 0.3) is 0 Å². The molecule has 1 saturated carbocycles. The Morgan fingerprint density at radius 3 is 2.46 bits per heavy atom. The molecule has 1 fully saturated rings. The Kier molecular flexibility index (Phi) is 3.70. The van der Waals surface area contributed by atoms with Gasteiger partial charge < -0.3 is 0 Å². The predicted octanol–water partition coefficient (Wildman–Crippen LogP) is 1.05. The lowest BCUT2D eigenvalue weighted by Crippen LogP contribution is -2.41. The molecule has 0 radical (unpaired) electrons. The molecule has 5 heteroatoms. The first kappa shape index (κ1) is 10.9. The van der Waals surface area contributed by atoms with Crippen LogP contribution in [0.2, 0.25) is 0 Å². The minimum Gasteiger partial charge on any atom is -0.261 e. The van der Waals surface area contributed by atoms with E-state index in [0.717, 1.165) is 19.3 Å². The van der Waals surface area contributed by atoms with Crippen LogP contribution in [0.1, 0.15) is 32.6 Å². The molecule has 1 N–H and O–H groups in total. The van der Waals surface area contributed by atoms with Crippen LogP contribution in [0.3, 0.4) is 0 Å².